The van der Waals surface area contributed by atoms with E-state index in [4.69, 9.17) is 0 Å². The molecular weight excluding hydrogens is 386 g/mol. The number of anilines is 2. The highest BCUT2D eigenvalue weighted by Gasteiger charge is 2.08. The van der Waals surface area contributed by atoms with Gasteiger partial charge < -0.3 is 5.32 Å². The molecule has 0 aliphatic rings. The molecule has 1 heteroatoms. The number of hydrogen-bond acceptors (Lipinski definition) is 1. The first kappa shape index (κ1) is 18.7. The van der Waals surface area contributed by atoms with Crippen LogP contribution < -0.4 is 5.32 Å². The molecule has 1 N–H and O–H groups in total. The SMILES string of the molecule is Cc1cc2ccccc2c2c1ccc1cc(Nc3ccc(-c4ccccc4)cc3)ccc12. The molecule has 1 nitrogen and oxygen atoms in total. The van der Waals surface area contributed by atoms with Gasteiger partial charge in [0.05, 0.1) is 0 Å². The van der Waals surface area contributed by atoms with E-state index in [0.717, 1.165) is 11.4 Å². The molecule has 0 atom stereocenters. The summed E-state index contributed by atoms with van der Waals surface area (Å²) in [4.78, 5) is 0. The second kappa shape index (κ2) is 7.55. The molecule has 6 aromatic carbocycles. The number of nitrogens with one attached hydrogen (secondary N) is 1. The van der Waals surface area contributed by atoms with Crippen LogP contribution in [-0.4, -0.2) is 0 Å². The Bertz CT molecular complexity index is 1580. The van der Waals surface area contributed by atoms with Crippen LogP contribution in [0.25, 0.3) is 43.4 Å². The molecular formula is C31H23N. The van der Waals surface area contributed by atoms with Gasteiger partial charge in [0.25, 0.3) is 0 Å². The number of hydrogen-bond donors (Lipinski definition) is 1. The fraction of sp³-hybridized carbons (Fsp3) is 0.0323. The molecule has 6 rings (SSSR count). The lowest BCUT2D eigenvalue weighted by atomic mass is 9.93. The van der Waals surface area contributed by atoms with Crippen molar-refractivity contribution in [3.63, 3.8) is 0 Å². The highest BCUT2D eigenvalue weighted by Crippen LogP contribution is 2.35. The van der Waals surface area contributed by atoms with E-state index in [2.05, 4.69) is 121 Å². The predicted molar refractivity (Wildman–Crippen MR) is 139 cm³/mol. The molecule has 0 unspecified atom stereocenters. The molecule has 0 fully saturated rings. The standard InChI is InChI=1S/C31H23N/c1-21-19-24-9-5-6-10-29(24)31-28(21)17-13-25-20-27(16-18-30(25)31)32-26-14-11-23(12-15-26)22-7-3-2-4-8-22/h2-20,32H,1H3. The Kier molecular flexibility index (Phi) is 4.40. The molecule has 0 bridgehead atoms. The summed E-state index contributed by atoms with van der Waals surface area (Å²) >= 11 is 0. The van der Waals surface area contributed by atoms with Crippen molar-refractivity contribution in [2.75, 3.05) is 5.32 Å². The van der Waals surface area contributed by atoms with Gasteiger partial charge in [0.2, 0.25) is 0 Å². The van der Waals surface area contributed by atoms with Gasteiger partial charge in [-0.25, -0.2) is 0 Å². The van der Waals surface area contributed by atoms with Crippen molar-refractivity contribution in [2.24, 2.45) is 0 Å². The van der Waals surface area contributed by atoms with Gasteiger partial charge in [-0.3, -0.25) is 0 Å². The fourth-order valence-corrected chi connectivity index (χ4v) is 4.73. The molecule has 32 heavy (non-hydrogen) atoms. The van der Waals surface area contributed by atoms with Crippen LogP contribution in [-0.2, 0) is 0 Å². The molecule has 0 saturated heterocycles. The molecule has 6 aromatic rings. The van der Waals surface area contributed by atoms with E-state index in [1.165, 1.54) is 49.0 Å². The van der Waals surface area contributed by atoms with Gasteiger partial charge >= 0.3 is 0 Å². The quantitative estimate of drug-likeness (QED) is 0.288. The maximum atomic E-state index is 3.57. The van der Waals surface area contributed by atoms with Crippen LogP contribution in [0.5, 0.6) is 0 Å². The van der Waals surface area contributed by atoms with Crippen molar-refractivity contribution in [3.05, 3.63) is 121 Å². The molecule has 0 aliphatic carbocycles. The first-order chi connectivity index (χ1) is 15.8. The van der Waals surface area contributed by atoms with Gasteiger partial charge in [0.15, 0.2) is 0 Å². The van der Waals surface area contributed by atoms with Crippen LogP contribution in [0.1, 0.15) is 5.56 Å². The van der Waals surface area contributed by atoms with Crippen molar-refractivity contribution < 1.29 is 0 Å². The van der Waals surface area contributed by atoms with Gasteiger partial charge in [0.1, 0.15) is 0 Å². The van der Waals surface area contributed by atoms with Gasteiger partial charge in [-0.15, -0.1) is 0 Å². The monoisotopic (exact) mass is 409 g/mol. The van der Waals surface area contributed by atoms with E-state index in [1.54, 1.807) is 0 Å². The summed E-state index contributed by atoms with van der Waals surface area (Å²) in [5.74, 6) is 0. The predicted octanol–water partition coefficient (Wildman–Crippen LogP) is 8.87. The summed E-state index contributed by atoms with van der Waals surface area (Å²) in [6, 6.07) is 41.3. The van der Waals surface area contributed by atoms with Gasteiger partial charge in [-0.1, -0.05) is 91.0 Å². The second-order valence-corrected chi connectivity index (χ2v) is 8.41. The highest BCUT2D eigenvalue weighted by molar-refractivity contribution is 6.21. The number of aryl methyl sites for hydroxylation is 1. The average Bonchev–Trinajstić information content (AvgIpc) is 2.85. The smallest absolute Gasteiger partial charge is 0.0390 e. The third-order valence-corrected chi connectivity index (χ3v) is 6.33. The van der Waals surface area contributed by atoms with Crippen molar-refractivity contribution in [2.45, 2.75) is 6.92 Å². The summed E-state index contributed by atoms with van der Waals surface area (Å²) in [7, 11) is 0. The van der Waals surface area contributed by atoms with E-state index in [1.807, 2.05) is 6.07 Å². The molecule has 0 amide bonds. The van der Waals surface area contributed by atoms with Crippen molar-refractivity contribution in [3.8, 4) is 11.1 Å². The minimum Gasteiger partial charge on any atom is -0.356 e. The number of fused-ring (bicyclic) bond motifs is 5. The van der Waals surface area contributed by atoms with Crippen molar-refractivity contribution in [1.82, 2.24) is 0 Å². The van der Waals surface area contributed by atoms with E-state index in [0.29, 0.717) is 0 Å². The van der Waals surface area contributed by atoms with E-state index >= 15 is 0 Å². The van der Waals surface area contributed by atoms with Gasteiger partial charge in [-0.2, -0.15) is 0 Å². The van der Waals surface area contributed by atoms with Crippen LogP contribution in [0.4, 0.5) is 11.4 Å². The van der Waals surface area contributed by atoms with Crippen LogP contribution in [0, 0.1) is 6.92 Å². The zero-order valence-electron chi connectivity index (χ0n) is 18.0. The Balaban J connectivity index is 1.40. The Morgan fingerprint density at radius 3 is 1.94 bits per heavy atom. The summed E-state index contributed by atoms with van der Waals surface area (Å²) < 4.78 is 0. The van der Waals surface area contributed by atoms with Crippen LogP contribution in [0.15, 0.2) is 115 Å². The Labute approximate surface area is 188 Å². The molecule has 0 saturated carbocycles. The fourth-order valence-electron chi connectivity index (χ4n) is 4.73. The van der Waals surface area contributed by atoms with Crippen LogP contribution in [0.3, 0.4) is 0 Å². The van der Waals surface area contributed by atoms with E-state index in [9.17, 15) is 0 Å². The summed E-state index contributed by atoms with van der Waals surface area (Å²) in [5.41, 5.74) is 5.97. The first-order valence-corrected chi connectivity index (χ1v) is 11.0. The molecule has 0 aromatic heterocycles. The highest BCUT2D eigenvalue weighted by atomic mass is 14.9. The molecule has 0 aliphatic heterocycles. The topological polar surface area (TPSA) is 12.0 Å². The van der Waals surface area contributed by atoms with Crippen LogP contribution in [0.2, 0.25) is 0 Å². The molecule has 0 radical (unpaired) electrons. The van der Waals surface area contributed by atoms with Crippen molar-refractivity contribution >= 4 is 43.7 Å². The van der Waals surface area contributed by atoms with Gasteiger partial charge in [-0.05, 0) is 80.2 Å². The minimum atomic E-state index is 1.09. The second-order valence-electron chi connectivity index (χ2n) is 8.41. The van der Waals surface area contributed by atoms with Crippen molar-refractivity contribution in [1.29, 1.82) is 0 Å². The molecule has 152 valence electrons. The Hall–Kier alpha value is -4.10. The Morgan fingerprint density at radius 2 is 1.09 bits per heavy atom. The maximum absolute atomic E-state index is 3.57. The van der Waals surface area contributed by atoms with E-state index < -0.39 is 0 Å². The maximum Gasteiger partial charge on any atom is 0.0390 e. The lowest BCUT2D eigenvalue weighted by Gasteiger charge is -2.13. The first-order valence-electron chi connectivity index (χ1n) is 11.0. The normalized spacial score (nSPS) is 11.3. The Morgan fingerprint density at radius 1 is 0.469 bits per heavy atom. The zero-order chi connectivity index (χ0) is 21.5. The summed E-state index contributed by atoms with van der Waals surface area (Å²) in [6.45, 7) is 2.20. The lowest BCUT2D eigenvalue weighted by molar-refractivity contribution is 1.55. The van der Waals surface area contributed by atoms with Crippen LogP contribution >= 0.6 is 0 Å². The van der Waals surface area contributed by atoms with E-state index in [-0.39, 0.29) is 0 Å². The average molecular weight is 410 g/mol. The lowest BCUT2D eigenvalue weighted by Crippen LogP contribution is -1.91. The largest absolute Gasteiger partial charge is 0.356 e. The third-order valence-electron chi connectivity index (χ3n) is 6.33. The molecule has 0 heterocycles. The number of benzene rings is 6. The minimum absolute atomic E-state index is 1.09. The molecule has 0 spiro atoms. The summed E-state index contributed by atoms with van der Waals surface area (Å²) in [6.07, 6.45) is 0. The zero-order valence-corrected chi connectivity index (χ0v) is 18.0. The van der Waals surface area contributed by atoms with Gasteiger partial charge in [0, 0.05) is 11.4 Å². The number of rotatable bonds is 3. The summed E-state index contributed by atoms with van der Waals surface area (Å²) in [5, 5.41) is 11.4. The third kappa shape index (κ3) is 3.19.